The summed E-state index contributed by atoms with van der Waals surface area (Å²) in [5.41, 5.74) is 6.22. The summed E-state index contributed by atoms with van der Waals surface area (Å²) in [7, 11) is 0. The predicted octanol–water partition coefficient (Wildman–Crippen LogP) is 1.49. The van der Waals surface area contributed by atoms with Gasteiger partial charge in [-0.05, 0) is 32.6 Å². The highest BCUT2D eigenvalue weighted by atomic mass is 16.5. The lowest BCUT2D eigenvalue weighted by Gasteiger charge is -2.53. The average Bonchev–Trinajstić information content (AvgIpc) is 2.33. The van der Waals surface area contributed by atoms with Crippen LogP contribution in [0.2, 0.25) is 0 Å². The molecular weight excluding hydrogens is 228 g/mol. The van der Waals surface area contributed by atoms with Crippen LogP contribution in [0.3, 0.4) is 0 Å². The molecule has 0 spiro atoms. The van der Waals surface area contributed by atoms with Gasteiger partial charge in [0, 0.05) is 38.4 Å². The van der Waals surface area contributed by atoms with Crippen molar-refractivity contribution in [2.24, 2.45) is 11.7 Å². The van der Waals surface area contributed by atoms with Crippen molar-refractivity contribution in [1.29, 1.82) is 0 Å². The van der Waals surface area contributed by atoms with Crippen LogP contribution < -0.4 is 5.73 Å². The van der Waals surface area contributed by atoms with Crippen molar-refractivity contribution in [2.45, 2.75) is 39.2 Å². The Kier molecular flexibility index (Phi) is 7.15. The first-order valence-electron chi connectivity index (χ1n) is 7.29. The van der Waals surface area contributed by atoms with Crippen LogP contribution in [0.5, 0.6) is 0 Å². The molecule has 18 heavy (non-hydrogen) atoms. The molecule has 108 valence electrons. The van der Waals surface area contributed by atoms with Gasteiger partial charge in [-0.1, -0.05) is 6.92 Å². The lowest BCUT2D eigenvalue weighted by molar-refractivity contribution is -0.0413. The summed E-state index contributed by atoms with van der Waals surface area (Å²) in [5, 5.41) is 0. The van der Waals surface area contributed by atoms with Gasteiger partial charge in [-0.2, -0.15) is 0 Å². The Labute approximate surface area is 112 Å². The maximum atomic E-state index is 6.02. The van der Waals surface area contributed by atoms with Gasteiger partial charge in [0.15, 0.2) is 0 Å². The molecular formula is C14H30N2O2. The molecule has 1 rings (SSSR count). The molecule has 0 amide bonds. The molecule has 0 unspecified atom stereocenters. The van der Waals surface area contributed by atoms with Crippen molar-refractivity contribution in [3.05, 3.63) is 0 Å². The minimum Gasteiger partial charge on any atom is -0.380 e. The number of hydrogen-bond donors (Lipinski definition) is 1. The predicted molar refractivity (Wildman–Crippen MR) is 74.7 cm³/mol. The van der Waals surface area contributed by atoms with Gasteiger partial charge in [-0.25, -0.2) is 0 Å². The van der Waals surface area contributed by atoms with E-state index >= 15 is 0 Å². The second-order valence-corrected chi connectivity index (χ2v) is 5.32. The molecule has 0 bridgehead atoms. The van der Waals surface area contributed by atoms with E-state index in [4.69, 9.17) is 15.2 Å². The molecule has 4 heteroatoms. The molecule has 1 saturated carbocycles. The Bertz CT molecular complexity index is 208. The first kappa shape index (κ1) is 15.9. The van der Waals surface area contributed by atoms with Crippen molar-refractivity contribution < 1.29 is 9.47 Å². The third kappa shape index (κ3) is 4.19. The van der Waals surface area contributed by atoms with Gasteiger partial charge in [0.2, 0.25) is 0 Å². The van der Waals surface area contributed by atoms with E-state index in [1.54, 1.807) is 0 Å². The fraction of sp³-hybridized carbons (Fsp3) is 1.00. The Balaban J connectivity index is 2.46. The molecule has 2 N–H and O–H groups in total. The maximum absolute atomic E-state index is 6.02. The zero-order valence-electron chi connectivity index (χ0n) is 12.3. The normalized spacial score (nSPS) is 27.5. The lowest BCUT2D eigenvalue weighted by Crippen LogP contribution is -2.62. The van der Waals surface area contributed by atoms with E-state index in [0.29, 0.717) is 0 Å². The molecule has 0 aliphatic heterocycles. The van der Waals surface area contributed by atoms with Crippen LogP contribution in [0.15, 0.2) is 0 Å². The Hall–Kier alpha value is -0.160. The van der Waals surface area contributed by atoms with Crippen molar-refractivity contribution in [1.82, 2.24) is 4.90 Å². The van der Waals surface area contributed by atoms with Crippen LogP contribution in [0.4, 0.5) is 0 Å². The van der Waals surface area contributed by atoms with Crippen molar-refractivity contribution in [3.63, 3.8) is 0 Å². The van der Waals surface area contributed by atoms with Crippen LogP contribution in [0.25, 0.3) is 0 Å². The molecule has 4 nitrogen and oxygen atoms in total. The summed E-state index contributed by atoms with van der Waals surface area (Å²) in [6, 6.07) is 0. The summed E-state index contributed by atoms with van der Waals surface area (Å²) in [6.07, 6.45) is 2.42. The van der Waals surface area contributed by atoms with Crippen LogP contribution >= 0.6 is 0 Å². The van der Waals surface area contributed by atoms with Crippen LogP contribution in [-0.4, -0.2) is 56.5 Å². The van der Waals surface area contributed by atoms with Crippen molar-refractivity contribution >= 4 is 0 Å². The molecule has 0 heterocycles. The maximum Gasteiger partial charge on any atom is 0.0593 e. The Morgan fingerprint density at radius 1 is 1.11 bits per heavy atom. The summed E-state index contributed by atoms with van der Waals surface area (Å²) in [6.45, 7) is 12.2. The zero-order valence-corrected chi connectivity index (χ0v) is 12.3. The fourth-order valence-corrected chi connectivity index (χ4v) is 3.02. The van der Waals surface area contributed by atoms with E-state index in [1.165, 1.54) is 12.8 Å². The number of ether oxygens (including phenoxy) is 2. The molecule has 1 aliphatic rings. The van der Waals surface area contributed by atoms with E-state index in [1.807, 2.05) is 13.8 Å². The van der Waals surface area contributed by atoms with E-state index in [9.17, 15) is 0 Å². The molecule has 0 aromatic carbocycles. The summed E-state index contributed by atoms with van der Waals surface area (Å²) in [4.78, 5) is 2.48. The third-order valence-electron chi connectivity index (χ3n) is 3.93. The van der Waals surface area contributed by atoms with Gasteiger partial charge in [0.25, 0.3) is 0 Å². The van der Waals surface area contributed by atoms with Gasteiger partial charge in [0.05, 0.1) is 13.2 Å². The molecule has 0 aromatic heterocycles. The highest BCUT2D eigenvalue weighted by Crippen LogP contribution is 2.41. The smallest absolute Gasteiger partial charge is 0.0593 e. The third-order valence-corrected chi connectivity index (χ3v) is 3.93. The quantitative estimate of drug-likeness (QED) is 0.603. The van der Waals surface area contributed by atoms with Crippen LogP contribution in [0.1, 0.15) is 33.6 Å². The van der Waals surface area contributed by atoms with E-state index < -0.39 is 0 Å². The zero-order chi connectivity index (χ0) is 13.4. The van der Waals surface area contributed by atoms with Gasteiger partial charge >= 0.3 is 0 Å². The molecule has 1 aliphatic carbocycles. The first-order chi connectivity index (χ1) is 8.68. The fourth-order valence-electron chi connectivity index (χ4n) is 3.02. The Morgan fingerprint density at radius 2 is 1.61 bits per heavy atom. The minimum absolute atomic E-state index is 0.202. The SMILES string of the molecule is CCOCCN(CCOCC)C1(CN)CC(C)C1. The first-order valence-corrected chi connectivity index (χ1v) is 7.29. The van der Waals surface area contributed by atoms with Crippen molar-refractivity contribution in [2.75, 3.05) is 46.1 Å². The van der Waals surface area contributed by atoms with Gasteiger partial charge in [0.1, 0.15) is 0 Å². The van der Waals surface area contributed by atoms with Gasteiger partial charge in [-0.3, -0.25) is 4.90 Å². The van der Waals surface area contributed by atoms with Gasteiger partial charge < -0.3 is 15.2 Å². The monoisotopic (exact) mass is 258 g/mol. The number of hydrogen-bond acceptors (Lipinski definition) is 4. The van der Waals surface area contributed by atoms with Crippen LogP contribution in [-0.2, 0) is 9.47 Å². The second-order valence-electron chi connectivity index (χ2n) is 5.32. The largest absolute Gasteiger partial charge is 0.380 e. The van der Waals surface area contributed by atoms with E-state index in [0.717, 1.165) is 52.0 Å². The Morgan fingerprint density at radius 3 is 1.94 bits per heavy atom. The minimum atomic E-state index is 0.202. The summed E-state index contributed by atoms with van der Waals surface area (Å²) < 4.78 is 11.0. The standard InChI is InChI=1S/C14H30N2O2/c1-4-17-8-6-16(7-9-18-5-2)14(12-15)10-13(3)11-14/h13H,4-12,15H2,1-3H3. The van der Waals surface area contributed by atoms with Gasteiger partial charge in [-0.15, -0.1) is 0 Å². The second kappa shape index (κ2) is 8.10. The summed E-state index contributed by atoms with van der Waals surface area (Å²) >= 11 is 0. The molecule has 0 aromatic rings. The lowest BCUT2D eigenvalue weighted by atomic mass is 9.68. The highest BCUT2D eigenvalue weighted by molar-refractivity contribution is 5.02. The van der Waals surface area contributed by atoms with E-state index in [2.05, 4.69) is 11.8 Å². The van der Waals surface area contributed by atoms with Crippen LogP contribution in [0, 0.1) is 5.92 Å². The topological polar surface area (TPSA) is 47.7 Å². The summed E-state index contributed by atoms with van der Waals surface area (Å²) in [5.74, 6) is 0.801. The molecule has 0 atom stereocenters. The number of nitrogens with two attached hydrogens (primary N) is 1. The molecule has 1 fully saturated rings. The highest BCUT2D eigenvalue weighted by Gasteiger charge is 2.45. The number of rotatable bonds is 10. The number of nitrogens with zero attached hydrogens (tertiary/aromatic N) is 1. The van der Waals surface area contributed by atoms with E-state index in [-0.39, 0.29) is 5.54 Å². The van der Waals surface area contributed by atoms with Crippen molar-refractivity contribution in [3.8, 4) is 0 Å². The molecule has 0 saturated heterocycles. The molecule has 0 radical (unpaired) electrons. The average molecular weight is 258 g/mol.